The minimum Gasteiger partial charge on any atom is -0.378 e. The lowest BCUT2D eigenvalue weighted by Crippen LogP contribution is -2.41. The van der Waals surface area contributed by atoms with Crippen molar-refractivity contribution in [1.82, 2.24) is 9.88 Å². The molecule has 0 saturated carbocycles. The van der Waals surface area contributed by atoms with E-state index in [-0.39, 0.29) is 12.0 Å². The first kappa shape index (κ1) is 13.0. The number of amides is 1. The minimum absolute atomic E-state index is 0.143. The molecule has 0 aliphatic carbocycles. The number of nitrogens with zero attached hydrogens (tertiary/aromatic N) is 2. The van der Waals surface area contributed by atoms with Crippen LogP contribution >= 0.6 is 11.3 Å². The van der Waals surface area contributed by atoms with Crippen molar-refractivity contribution in [2.45, 2.75) is 38.5 Å². The molecule has 1 aromatic heterocycles. The highest BCUT2D eigenvalue weighted by atomic mass is 32.1. The summed E-state index contributed by atoms with van der Waals surface area (Å²) in [6.45, 7) is 2.70. The molecule has 2 aliphatic rings. The molecule has 2 aliphatic heterocycles. The van der Waals surface area contributed by atoms with Crippen molar-refractivity contribution in [3.63, 3.8) is 0 Å². The Bertz CT molecular complexity index is 468. The van der Waals surface area contributed by atoms with E-state index in [2.05, 4.69) is 4.98 Å². The van der Waals surface area contributed by atoms with Crippen LogP contribution in [0.4, 0.5) is 0 Å². The third-order valence-corrected chi connectivity index (χ3v) is 4.62. The number of hydrogen-bond donors (Lipinski definition) is 0. The second kappa shape index (κ2) is 5.56. The number of carbonyl (C=O) groups excluding carboxylic acids is 1. The maximum absolute atomic E-state index is 12.3. The average molecular weight is 282 g/mol. The van der Waals surface area contributed by atoms with E-state index < -0.39 is 0 Å². The first-order chi connectivity index (χ1) is 9.28. The van der Waals surface area contributed by atoms with Crippen LogP contribution in [0.1, 0.15) is 28.4 Å². The Kier molecular flexibility index (Phi) is 3.81. The molecular weight excluding hydrogens is 264 g/mol. The molecule has 0 spiro atoms. The molecule has 0 N–H and O–H groups in total. The smallest absolute Gasteiger partial charge is 0.252 e. The van der Waals surface area contributed by atoms with Crippen LogP contribution in [0.3, 0.4) is 0 Å². The maximum atomic E-state index is 12.3. The van der Waals surface area contributed by atoms with Gasteiger partial charge in [-0.2, -0.15) is 0 Å². The average Bonchev–Trinajstić information content (AvgIpc) is 3.06. The molecule has 1 saturated heterocycles. The van der Waals surface area contributed by atoms with Gasteiger partial charge in [-0.1, -0.05) is 0 Å². The molecule has 5 nitrogen and oxygen atoms in total. The Morgan fingerprint density at radius 2 is 2.53 bits per heavy atom. The van der Waals surface area contributed by atoms with Crippen molar-refractivity contribution >= 4 is 17.2 Å². The SMILES string of the molecule is COCc1nc2c(s1)CN(C(=O)C1CCCO1)CC2. The van der Waals surface area contributed by atoms with Crippen LogP contribution in [0.2, 0.25) is 0 Å². The molecule has 1 unspecified atom stereocenters. The Morgan fingerprint density at radius 1 is 1.63 bits per heavy atom. The molecular formula is C13H18N2O3S. The number of thiazole rings is 1. The molecule has 1 fully saturated rings. The summed E-state index contributed by atoms with van der Waals surface area (Å²) in [7, 11) is 1.67. The summed E-state index contributed by atoms with van der Waals surface area (Å²) in [4.78, 5) is 20.0. The summed E-state index contributed by atoms with van der Waals surface area (Å²) in [5, 5.41) is 0.999. The molecule has 0 radical (unpaired) electrons. The highest BCUT2D eigenvalue weighted by Gasteiger charge is 2.31. The number of aromatic nitrogens is 1. The van der Waals surface area contributed by atoms with E-state index in [1.54, 1.807) is 18.4 Å². The fraction of sp³-hybridized carbons (Fsp3) is 0.692. The number of methoxy groups -OCH3 is 1. The fourth-order valence-corrected chi connectivity index (χ4v) is 3.70. The van der Waals surface area contributed by atoms with Crippen LogP contribution in [0.15, 0.2) is 0 Å². The standard InChI is InChI=1S/C13H18N2O3S/c1-17-8-12-14-9-4-5-15(7-11(9)19-12)13(16)10-3-2-6-18-10/h10H,2-8H2,1H3. The van der Waals surface area contributed by atoms with Crippen molar-refractivity contribution in [3.05, 3.63) is 15.6 Å². The van der Waals surface area contributed by atoms with E-state index in [0.29, 0.717) is 19.8 Å². The van der Waals surface area contributed by atoms with E-state index >= 15 is 0 Å². The zero-order valence-electron chi connectivity index (χ0n) is 11.1. The van der Waals surface area contributed by atoms with E-state index in [1.807, 2.05) is 4.90 Å². The molecule has 1 atom stereocenters. The van der Waals surface area contributed by atoms with Crippen LogP contribution in [0, 0.1) is 0 Å². The van der Waals surface area contributed by atoms with Crippen molar-refractivity contribution < 1.29 is 14.3 Å². The van der Waals surface area contributed by atoms with E-state index in [4.69, 9.17) is 9.47 Å². The zero-order valence-corrected chi connectivity index (χ0v) is 11.9. The molecule has 3 rings (SSSR count). The lowest BCUT2D eigenvalue weighted by molar-refractivity contribution is -0.141. The van der Waals surface area contributed by atoms with Gasteiger partial charge in [0.15, 0.2) is 0 Å². The zero-order chi connectivity index (χ0) is 13.2. The first-order valence-corrected chi connectivity index (χ1v) is 7.46. The van der Waals surface area contributed by atoms with Crippen LogP contribution in [-0.4, -0.2) is 42.2 Å². The summed E-state index contributed by atoms with van der Waals surface area (Å²) in [5.41, 5.74) is 1.13. The van der Waals surface area contributed by atoms with E-state index in [1.165, 1.54) is 4.88 Å². The molecule has 104 valence electrons. The van der Waals surface area contributed by atoms with Crippen LogP contribution in [-0.2, 0) is 33.8 Å². The largest absolute Gasteiger partial charge is 0.378 e. The summed E-state index contributed by atoms with van der Waals surface area (Å²) >= 11 is 1.65. The van der Waals surface area contributed by atoms with Gasteiger partial charge in [-0.3, -0.25) is 4.79 Å². The normalized spacial score (nSPS) is 22.6. The van der Waals surface area contributed by atoms with Crippen molar-refractivity contribution in [3.8, 4) is 0 Å². The second-order valence-electron chi connectivity index (χ2n) is 4.92. The number of rotatable bonds is 3. The van der Waals surface area contributed by atoms with Gasteiger partial charge in [-0.25, -0.2) is 4.98 Å². The summed E-state index contributed by atoms with van der Waals surface area (Å²) < 4.78 is 10.6. The van der Waals surface area contributed by atoms with Crippen molar-refractivity contribution in [2.24, 2.45) is 0 Å². The number of ether oxygens (including phenoxy) is 2. The second-order valence-corrected chi connectivity index (χ2v) is 6.09. The Morgan fingerprint density at radius 3 is 3.26 bits per heavy atom. The molecule has 0 bridgehead atoms. The summed E-state index contributed by atoms with van der Waals surface area (Å²) in [6, 6.07) is 0. The first-order valence-electron chi connectivity index (χ1n) is 6.64. The molecule has 6 heteroatoms. The van der Waals surface area contributed by atoms with E-state index in [0.717, 1.165) is 36.5 Å². The van der Waals surface area contributed by atoms with Gasteiger partial charge in [0.05, 0.1) is 18.8 Å². The highest BCUT2D eigenvalue weighted by Crippen LogP contribution is 2.27. The Labute approximate surface area is 116 Å². The van der Waals surface area contributed by atoms with Gasteiger partial charge in [0, 0.05) is 31.6 Å². The molecule has 1 amide bonds. The van der Waals surface area contributed by atoms with Gasteiger partial charge in [0.25, 0.3) is 5.91 Å². The van der Waals surface area contributed by atoms with Gasteiger partial charge in [-0.15, -0.1) is 11.3 Å². The molecule has 1 aromatic rings. The fourth-order valence-electron chi connectivity index (χ4n) is 2.60. The van der Waals surface area contributed by atoms with Crippen LogP contribution < -0.4 is 0 Å². The summed E-state index contributed by atoms with van der Waals surface area (Å²) in [6.07, 6.45) is 2.48. The quantitative estimate of drug-likeness (QED) is 0.840. The monoisotopic (exact) mass is 282 g/mol. The predicted molar refractivity (Wildman–Crippen MR) is 70.9 cm³/mol. The lowest BCUT2D eigenvalue weighted by Gasteiger charge is -2.28. The van der Waals surface area contributed by atoms with Gasteiger partial charge in [-0.05, 0) is 12.8 Å². The van der Waals surface area contributed by atoms with Crippen LogP contribution in [0.5, 0.6) is 0 Å². The molecule has 0 aromatic carbocycles. The minimum atomic E-state index is -0.215. The molecule has 3 heterocycles. The Balaban J connectivity index is 1.69. The van der Waals surface area contributed by atoms with Crippen molar-refractivity contribution in [2.75, 3.05) is 20.3 Å². The Hall–Kier alpha value is -0.980. The third kappa shape index (κ3) is 2.66. The highest BCUT2D eigenvalue weighted by molar-refractivity contribution is 7.11. The van der Waals surface area contributed by atoms with Crippen molar-refractivity contribution in [1.29, 1.82) is 0 Å². The van der Waals surface area contributed by atoms with E-state index in [9.17, 15) is 4.79 Å². The van der Waals surface area contributed by atoms with Gasteiger partial charge in [0.2, 0.25) is 0 Å². The number of fused-ring (bicyclic) bond motifs is 1. The number of carbonyl (C=O) groups is 1. The third-order valence-electron chi connectivity index (χ3n) is 3.56. The summed E-state index contributed by atoms with van der Waals surface area (Å²) in [5.74, 6) is 0.143. The molecule has 19 heavy (non-hydrogen) atoms. The topological polar surface area (TPSA) is 51.7 Å². The van der Waals surface area contributed by atoms with Gasteiger partial charge in [0.1, 0.15) is 11.1 Å². The predicted octanol–water partition coefficient (Wildman–Crippen LogP) is 1.35. The lowest BCUT2D eigenvalue weighted by atomic mass is 10.1. The van der Waals surface area contributed by atoms with Gasteiger partial charge >= 0.3 is 0 Å². The van der Waals surface area contributed by atoms with Gasteiger partial charge < -0.3 is 14.4 Å². The van der Waals surface area contributed by atoms with Crippen LogP contribution in [0.25, 0.3) is 0 Å². The number of hydrogen-bond acceptors (Lipinski definition) is 5. The maximum Gasteiger partial charge on any atom is 0.252 e.